The summed E-state index contributed by atoms with van der Waals surface area (Å²) in [7, 11) is -3.44. The van der Waals surface area contributed by atoms with Crippen molar-refractivity contribution in [1.82, 2.24) is 10.2 Å². The lowest BCUT2D eigenvalue weighted by Gasteiger charge is -2.60. The van der Waals surface area contributed by atoms with E-state index in [0.29, 0.717) is 34.5 Å². The lowest BCUT2D eigenvalue weighted by molar-refractivity contribution is -0.111. The van der Waals surface area contributed by atoms with E-state index in [9.17, 15) is 5.11 Å². The predicted octanol–water partition coefficient (Wildman–Crippen LogP) is 6.94. The van der Waals surface area contributed by atoms with Crippen LogP contribution in [0.15, 0.2) is 66.9 Å². The highest BCUT2D eigenvalue weighted by molar-refractivity contribution is 7.74. The molecule has 2 aromatic carbocycles. The average molecular weight is 557 g/mol. The molecule has 3 fully saturated rings. The van der Waals surface area contributed by atoms with E-state index in [4.69, 9.17) is 0 Å². The number of aromatic nitrogens is 2. The van der Waals surface area contributed by atoms with Crippen LogP contribution in [0.3, 0.4) is 0 Å². The molecule has 1 aromatic heterocycles. The van der Waals surface area contributed by atoms with Crippen LogP contribution in [0.1, 0.15) is 69.9 Å². The standard InChI is InChI=1S/C33H41N4O2P/c1-32-17-15-26(38)20-23(32)13-14-27-28(32)16-18-33(2)29(27)19-22-21-34-35-31(30(22)33)40(39,36-24-9-5-3-6-10-24)37-25-11-7-4-8-12-25/h3-12,21,23,26-29,38H,13-20H2,1-2H3,(H2,36,37,39)/t23-,26-,27+,28-,29-,32-,33-/m0/s1. The summed E-state index contributed by atoms with van der Waals surface area (Å²) in [5, 5.41) is 26.3. The second-order valence-corrected chi connectivity index (χ2v) is 15.5. The van der Waals surface area contributed by atoms with Crippen molar-refractivity contribution in [2.24, 2.45) is 29.1 Å². The summed E-state index contributed by atoms with van der Waals surface area (Å²) in [6.45, 7) is 4.95. The van der Waals surface area contributed by atoms with Crippen LogP contribution in [0.5, 0.6) is 0 Å². The van der Waals surface area contributed by atoms with Crippen molar-refractivity contribution in [3.63, 3.8) is 0 Å². The van der Waals surface area contributed by atoms with Gasteiger partial charge in [0, 0.05) is 11.4 Å². The van der Waals surface area contributed by atoms with E-state index in [1.54, 1.807) is 0 Å². The van der Waals surface area contributed by atoms with Gasteiger partial charge in [-0.1, -0.05) is 50.2 Å². The highest BCUT2D eigenvalue weighted by Crippen LogP contribution is 2.66. The van der Waals surface area contributed by atoms with Crippen LogP contribution in [0, 0.1) is 29.1 Å². The van der Waals surface area contributed by atoms with Gasteiger partial charge in [-0.2, -0.15) is 5.10 Å². The van der Waals surface area contributed by atoms with Crippen LogP contribution < -0.4 is 15.6 Å². The monoisotopic (exact) mass is 556 g/mol. The maximum Gasteiger partial charge on any atom is 0.307 e. The number of nitrogens with zero attached hydrogens (tertiary/aromatic N) is 2. The zero-order valence-corrected chi connectivity index (χ0v) is 24.5. The van der Waals surface area contributed by atoms with Crippen LogP contribution >= 0.6 is 7.44 Å². The van der Waals surface area contributed by atoms with Crippen LogP contribution in [-0.2, 0) is 16.4 Å². The summed E-state index contributed by atoms with van der Waals surface area (Å²) in [5.74, 6) is 2.46. The molecule has 3 saturated carbocycles. The van der Waals surface area contributed by atoms with Gasteiger partial charge < -0.3 is 15.3 Å². The molecule has 4 aliphatic carbocycles. The van der Waals surface area contributed by atoms with Crippen molar-refractivity contribution in [2.75, 3.05) is 10.2 Å². The number of benzene rings is 2. The molecule has 0 aliphatic heterocycles. The second-order valence-electron chi connectivity index (χ2n) is 13.4. The number of hydrogen-bond acceptors (Lipinski definition) is 4. The molecule has 7 atom stereocenters. The number of aliphatic hydroxyl groups excluding tert-OH is 1. The maximum absolute atomic E-state index is 15.1. The largest absolute Gasteiger partial charge is 0.393 e. The first-order valence-electron chi connectivity index (χ1n) is 15.1. The minimum Gasteiger partial charge on any atom is -0.393 e. The van der Waals surface area contributed by atoms with Gasteiger partial charge in [-0.3, -0.25) is 4.57 Å². The number of aliphatic hydroxyl groups is 1. The van der Waals surface area contributed by atoms with E-state index in [-0.39, 0.29) is 11.5 Å². The first kappa shape index (κ1) is 26.2. The Morgan fingerprint density at radius 3 is 2.23 bits per heavy atom. The van der Waals surface area contributed by atoms with Gasteiger partial charge in [0.2, 0.25) is 0 Å². The summed E-state index contributed by atoms with van der Waals surface area (Å²) >= 11 is 0. The first-order valence-corrected chi connectivity index (χ1v) is 16.8. The molecule has 0 bridgehead atoms. The Balaban J connectivity index is 1.28. The van der Waals surface area contributed by atoms with Crippen molar-refractivity contribution in [3.8, 4) is 0 Å². The summed E-state index contributed by atoms with van der Waals surface area (Å²) in [6.07, 6.45) is 10.6. The molecular weight excluding hydrogens is 515 g/mol. The van der Waals surface area contributed by atoms with E-state index in [0.717, 1.165) is 49.0 Å². The molecule has 1 heterocycles. The van der Waals surface area contributed by atoms with Crippen molar-refractivity contribution >= 4 is 24.3 Å². The molecule has 7 heteroatoms. The molecule has 0 amide bonds. The molecule has 0 spiro atoms. The Kier molecular flexibility index (Phi) is 6.36. The number of fused-ring (bicyclic) bond motifs is 7. The Morgan fingerprint density at radius 2 is 1.55 bits per heavy atom. The third-order valence-electron chi connectivity index (χ3n) is 11.4. The van der Waals surface area contributed by atoms with Crippen LogP contribution in [0.2, 0.25) is 0 Å². The van der Waals surface area contributed by atoms with Crippen molar-refractivity contribution in [3.05, 3.63) is 78.0 Å². The fraction of sp³-hybridized carbons (Fsp3) is 0.515. The molecule has 3 aromatic rings. The molecule has 0 radical (unpaired) electrons. The number of para-hydroxylation sites is 2. The SMILES string of the molecule is C[C@]12CC[C@H](O)C[C@@H]1CC[C@@H]1[C@@H]2CC[C@]2(C)c3c(cnnc3P(=O)(Nc3ccccc3)Nc3ccccc3)C[C@@H]12. The van der Waals surface area contributed by atoms with Gasteiger partial charge in [-0.05, 0) is 121 Å². The van der Waals surface area contributed by atoms with Crippen LogP contribution in [0.25, 0.3) is 0 Å². The summed E-state index contributed by atoms with van der Waals surface area (Å²) in [4.78, 5) is 0. The summed E-state index contributed by atoms with van der Waals surface area (Å²) in [5.41, 5.74) is 4.77. The molecule has 0 unspecified atom stereocenters. The normalized spacial score (nSPS) is 34.6. The predicted molar refractivity (Wildman–Crippen MR) is 161 cm³/mol. The highest BCUT2D eigenvalue weighted by atomic mass is 31.2. The minimum absolute atomic E-state index is 0.0917. The van der Waals surface area contributed by atoms with Crippen molar-refractivity contribution < 1.29 is 9.67 Å². The van der Waals surface area contributed by atoms with Crippen LogP contribution in [0.4, 0.5) is 11.4 Å². The van der Waals surface area contributed by atoms with Gasteiger partial charge in [0.15, 0.2) is 5.44 Å². The van der Waals surface area contributed by atoms with E-state index < -0.39 is 7.44 Å². The first-order chi connectivity index (χ1) is 19.3. The zero-order valence-electron chi connectivity index (χ0n) is 23.6. The average Bonchev–Trinajstić information content (AvgIpc) is 3.27. The molecule has 210 valence electrons. The fourth-order valence-corrected chi connectivity index (χ4v) is 11.6. The molecule has 3 N–H and O–H groups in total. The molecule has 6 nitrogen and oxygen atoms in total. The van der Waals surface area contributed by atoms with E-state index in [2.05, 4.69) is 34.2 Å². The third kappa shape index (κ3) is 4.13. The lowest BCUT2D eigenvalue weighted by atomic mass is 9.45. The number of rotatable bonds is 5. The van der Waals surface area contributed by atoms with Crippen molar-refractivity contribution in [1.29, 1.82) is 0 Å². The maximum atomic E-state index is 15.1. The quantitative estimate of drug-likeness (QED) is 0.295. The van der Waals surface area contributed by atoms with Gasteiger partial charge in [0.1, 0.15) is 0 Å². The molecular formula is C33H41N4O2P. The Morgan fingerprint density at radius 1 is 0.875 bits per heavy atom. The summed E-state index contributed by atoms with van der Waals surface area (Å²) < 4.78 is 15.1. The van der Waals surface area contributed by atoms with Gasteiger partial charge in [-0.25, -0.2) is 0 Å². The number of hydrogen-bond donors (Lipinski definition) is 3. The second kappa shape index (κ2) is 9.70. The lowest BCUT2D eigenvalue weighted by Crippen LogP contribution is -2.54. The van der Waals surface area contributed by atoms with Gasteiger partial charge in [0.05, 0.1) is 12.3 Å². The van der Waals surface area contributed by atoms with E-state index in [1.807, 2.05) is 66.9 Å². The van der Waals surface area contributed by atoms with Crippen molar-refractivity contribution in [2.45, 2.75) is 76.7 Å². The van der Waals surface area contributed by atoms with E-state index >= 15 is 4.57 Å². The fourth-order valence-electron chi connectivity index (χ4n) is 9.41. The molecule has 40 heavy (non-hydrogen) atoms. The molecule has 0 saturated heterocycles. The Bertz CT molecular complexity index is 1390. The molecule has 7 rings (SSSR count). The van der Waals surface area contributed by atoms with E-state index in [1.165, 1.54) is 24.8 Å². The highest BCUT2D eigenvalue weighted by Gasteiger charge is 2.60. The molecule has 4 aliphatic rings. The minimum atomic E-state index is -3.44. The number of anilines is 2. The van der Waals surface area contributed by atoms with Crippen LogP contribution in [-0.4, -0.2) is 21.4 Å². The Labute approximate surface area is 237 Å². The zero-order chi connectivity index (χ0) is 27.5. The third-order valence-corrected chi connectivity index (χ3v) is 13.4. The summed E-state index contributed by atoms with van der Waals surface area (Å²) in [6, 6.07) is 19.5. The number of nitrogens with one attached hydrogen (secondary N) is 2. The topological polar surface area (TPSA) is 87.1 Å². The smallest absolute Gasteiger partial charge is 0.307 e. The Hall–Kier alpha value is -2.69. The van der Waals surface area contributed by atoms with Gasteiger partial charge in [-0.15, -0.1) is 5.10 Å². The van der Waals surface area contributed by atoms with Gasteiger partial charge in [0.25, 0.3) is 0 Å². The van der Waals surface area contributed by atoms with Gasteiger partial charge >= 0.3 is 7.44 Å².